The standard InChI is InChI=1S/C11H9N3O/c15-8-1-2-11-9-7-12-5-3-10(9)13-14(11)6-4-8/h1-7,13,15H. The molecular formula is C11H9N3O. The van der Waals surface area contributed by atoms with Crippen molar-refractivity contribution in [2.75, 3.05) is 5.43 Å². The molecule has 4 heteroatoms. The van der Waals surface area contributed by atoms with Crippen LogP contribution in [0.1, 0.15) is 5.56 Å². The molecule has 2 aliphatic heterocycles. The fourth-order valence-electron chi connectivity index (χ4n) is 1.67. The predicted molar refractivity (Wildman–Crippen MR) is 57.5 cm³/mol. The van der Waals surface area contributed by atoms with E-state index in [0.717, 1.165) is 16.9 Å². The second kappa shape index (κ2) is 2.88. The van der Waals surface area contributed by atoms with Crippen molar-refractivity contribution in [1.29, 1.82) is 0 Å². The Labute approximate surface area is 86.8 Å². The Hall–Kier alpha value is -2.23. The van der Waals surface area contributed by atoms with Gasteiger partial charge in [0.15, 0.2) is 0 Å². The zero-order valence-electron chi connectivity index (χ0n) is 7.88. The number of anilines is 1. The first-order valence-electron chi connectivity index (χ1n) is 4.64. The number of aromatic nitrogens is 1. The van der Waals surface area contributed by atoms with Crippen LogP contribution in [0.25, 0.3) is 5.70 Å². The average Bonchev–Trinajstić information content (AvgIpc) is 2.51. The summed E-state index contributed by atoms with van der Waals surface area (Å²) >= 11 is 0. The van der Waals surface area contributed by atoms with E-state index in [2.05, 4.69) is 10.4 Å². The highest BCUT2D eigenvalue weighted by molar-refractivity contribution is 5.82. The molecule has 0 bridgehead atoms. The highest BCUT2D eigenvalue weighted by Crippen LogP contribution is 2.34. The van der Waals surface area contributed by atoms with Crippen LogP contribution in [0, 0.1) is 0 Å². The van der Waals surface area contributed by atoms with Crippen LogP contribution < -0.4 is 5.43 Å². The SMILES string of the molecule is OC1=CC=C2c3cnccc3NN2C=C1. The van der Waals surface area contributed by atoms with E-state index in [9.17, 15) is 5.11 Å². The van der Waals surface area contributed by atoms with Gasteiger partial charge in [0.05, 0.1) is 11.4 Å². The molecule has 1 aromatic rings. The van der Waals surface area contributed by atoms with E-state index in [-0.39, 0.29) is 5.76 Å². The number of hydrogen-bond donors (Lipinski definition) is 2. The number of pyridine rings is 1. The molecule has 0 aromatic carbocycles. The molecule has 2 N–H and O–H groups in total. The van der Waals surface area contributed by atoms with Crippen molar-refractivity contribution in [2.45, 2.75) is 0 Å². The van der Waals surface area contributed by atoms with Crippen molar-refractivity contribution in [3.8, 4) is 0 Å². The minimum atomic E-state index is 0.240. The summed E-state index contributed by atoms with van der Waals surface area (Å²) in [5.41, 5.74) is 6.23. The van der Waals surface area contributed by atoms with Crippen molar-refractivity contribution in [1.82, 2.24) is 9.99 Å². The van der Waals surface area contributed by atoms with E-state index in [4.69, 9.17) is 0 Å². The Balaban J connectivity index is 2.15. The van der Waals surface area contributed by atoms with E-state index < -0.39 is 0 Å². The van der Waals surface area contributed by atoms with Gasteiger partial charge in [0.2, 0.25) is 0 Å². The normalized spacial score (nSPS) is 17.2. The van der Waals surface area contributed by atoms with Gasteiger partial charge in [-0.05, 0) is 24.3 Å². The molecule has 0 radical (unpaired) electrons. The lowest BCUT2D eigenvalue weighted by Gasteiger charge is -2.13. The maximum atomic E-state index is 9.35. The second-order valence-electron chi connectivity index (χ2n) is 3.36. The smallest absolute Gasteiger partial charge is 0.117 e. The molecule has 3 rings (SSSR count). The van der Waals surface area contributed by atoms with Gasteiger partial charge in [0.25, 0.3) is 0 Å². The zero-order valence-corrected chi connectivity index (χ0v) is 7.88. The van der Waals surface area contributed by atoms with Crippen LogP contribution in [0.2, 0.25) is 0 Å². The number of aliphatic hydroxyl groups is 1. The van der Waals surface area contributed by atoms with E-state index in [1.165, 1.54) is 0 Å². The number of allylic oxidation sites excluding steroid dienone is 3. The largest absolute Gasteiger partial charge is 0.508 e. The number of rotatable bonds is 0. The van der Waals surface area contributed by atoms with Crippen LogP contribution in [0.4, 0.5) is 5.69 Å². The number of nitrogens with one attached hydrogen (secondary N) is 1. The molecule has 0 saturated carbocycles. The molecule has 0 spiro atoms. The number of hydrazine groups is 1. The molecule has 0 atom stereocenters. The molecule has 0 aliphatic carbocycles. The van der Waals surface area contributed by atoms with Crippen LogP contribution in [0.3, 0.4) is 0 Å². The van der Waals surface area contributed by atoms with Crippen molar-refractivity contribution < 1.29 is 5.11 Å². The molecule has 74 valence electrons. The van der Waals surface area contributed by atoms with Gasteiger partial charge in [-0.15, -0.1) is 0 Å². The third kappa shape index (κ3) is 1.19. The first-order valence-corrected chi connectivity index (χ1v) is 4.64. The predicted octanol–water partition coefficient (Wildman–Crippen LogP) is 2.03. The molecule has 2 aliphatic rings. The highest BCUT2D eigenvalue weighted by atomic mass is 16.3. The third-order valence-electron chi connectivity index (χ3n) is 2.40. The molecule has 3 heterocycles. The Morgan fingerprint density at radius 3 is 3.20 bits per heavy atom. The number of hydrogen-bond acceptors (Lipinski definition) is 4. The van der Waals surface area contributed by atoms with Crippen molar-refractivity contribution in [2.24, 2.45) is 0 Å². The summed E-state index contributed by atoms with van der Waals surface area (Å²) in [6.45, 7) is 0. The third-order valence-corrected chi connectivity index (χ3v) is 2.40. The van der Waals surface area contributed by atoms with Crippen LogP contribution in [0.5, 0.6) is 0 Å². The minimum absolute atomic E-state index is 0.240. The zero-order chi connectivity index (χ0) is 10.3. The van der Waals surface area contributed by atoms with Gasteiger partial charge in [-0.2, -0.15) is 0 Å². The van der Waals surface area contributed by atoms with Crippen molar-refractivity contribution >= 4 is 11.4 Å². The number of fused-ring (bicyclic) bond motifs is 3. The van der Waals surface area contributed by atoms with Gasteiger partial charge in [-0.25, -0.2) is 0 Å². The van der Waals surface area contributed by atoms with Crippen LogP contribution in [-0.4, -0.2) is 15.1 Å². The van der Waals surface area contributed by atoms with Gasteiger partial charge < -0.3 is 5.11 Å². The Morgan fingerprint density at radius 1 is 1.33 bits per heavy atom. The Morgan fingerprint density at radius 2 is 2.27 bits per heavy atom. The average molecular weight is 199 g/mol. The van der Waals surface area contributed by atoms with Crippen LogP contribution >= 0.6 is 0 Å². The molecular weight excluding hydrogens is 190 g/mol. The molecule has 0 amide bonds. The lowest BCUT2D eigenvalue weighted by atomic mass is 10.2. The fourth-order valence-corrected chi connectivity index (χ4v) is 1.67. The molecule has 0 fully saturated rings. The minimum Gasteiger partial charge on any atom is -0.508 e. The maximum Gasteiger partial charge on any atom is 0.117 e. The van der Waals surface area contributed by atoms with E-state index in [0.29, 0.717) is 0 Å². The van der Waals surface area contributed by atoms with E-state index in [1.54, 1.807) is 30.7 Å². The summed E-state index contributed by atoms with van der Waals surface area (Å²) in [6, 6.07) is 1.92. The summed E-state index contributed by atoms with van der Waals surface area (Å²) < 4.78 is 0. The fraction of sp³-hybridized carbons (Fsp3) is 0. The first kappa shape index (κ1) is 8.11. The van der Waals surface area contributed by atoms with E-state index in [1.807, 2.05) is 17.2 Å². The summed E-state index contributed by atoms with van der Waals surface area (Å²) in [7, 11) is 0. The molecule has 4 nitrogen and oxygen atoms in total. The first-order chi connectivity index (χ1) is 7.34. The van der Waals surface area contributed by atoms with Crippen molar-refractivity contribution in [3.05, 3.63) is 54.2 Å². The monoisotopic (exact) mass is 199 g/mol. The quantitative estimate of drug-likeness (QED) is 0.671. The summed E-state index contributed by atoms with van der Waals surface area (Å²) in [4.78, 5) is 4.08. The lowest BCUT2D eigenvalue weighted by molar-refractivity contribution is 0.431. The highest BCUT2D eigenvalue weighted by Gasteiger charge is 2.22. The van der Waals surface area contributed by atoms with Crippen LogP contribution in [0.15, 0.2) is 48.6 Å². The van der Waals surface area contributed by atoms with Crippen LogP contribution in [-0.2, 0) is 0 Å². The molecule has 0 saturated heterocycles. The van der Waals surface area contributed by atoms with Gasteiger partial charge in [-0.1, -0.05) is 0 Å². The maximum absolute atomic E-state index is 9.35. The van der Waals surface area contributed by atoms with Gasteiger partial charge >= 0.3 is 0 Å². The van der Waals surface area contributed by atoms with Crippen molar-refractivity contribution in [3.63, 3.8) is 0 Å². The molecule has 15 heavy (non-hydrogen) atoms. The Bertz CT molecular complexity index is 502. The second-order valence-corrected chi connectivity index (χ2v) is 3.36. The number of aliphatic hydroxyl groups excluding tert-OH is 1. The summed E-state index contributed by atoms with van der Waals surface area (Å²) in [5, 5.41) is 11.2. The van der Waals surface area contributed by atoms with E-state index >= 15 is 0 Å². The summed E-state index contributed by atoms with van der Waals surface area (Å²) in [5.74, 6) is 0.240. The van der Waals surface area contributed by atoms with Gasteiger partial charge in [0.1, 0.15) is 5.76 Å². The lowest BCUT2D eigenvalue weighted by Crippen LogP contribution is -2.14. The number of nitrogens with zero attached hydrogens (tertiary/aromatic N) is 2. The van der Waals surface area contributed by atoms with Gasteiger partial charge in [0, 0.05) is 24.2 Å². The molecule has 0 unspecified atom stereocenters. The summed E-state index contributed by atoms with van der Waals surface area (Å²) in [6.07, 6.45) is 10.5. The molecule has 1 aromatic heterocycles. The topological polar surface area (TPSA) is 48.4 Å². The Kier molecular flexibility index (Phi) is 1.56. The van der Waals surface area contributed by atoms with Gasteiger partial charge in [-0.3, -0.25) is 15.4 Å².